The molecule has 1 saturated heterocycles. The van der Waals surface area contributed by atoms with Gasteiger partial charge in [0.2, 0.25) is 0 Å². The van der Waals surface area contributed by atoms with Crippen LogP contribution in [0.4, 0.5) is 17.2 Å². The van der Waals surface area contributed by atoms with Crippen molar-refractivity contribution in [2.24, 2.45) is 0 Å². The molecule has 0 saturated carbocycles. The van der Waals surface area contributed by atoms with Crippen molar-refractivity contribution < 1.29 is 9.53 Å². The lowest BCUT2D eigenvalue weighted by Gasteiger charge is -2.30. The van der Waals surface area contributed by atoms with Crippen LogP contribution in [0.15, 0.2) is 36.4 Å². The Kier molecular flexibility index (Phi) is 6.59. The Balaban J connectivity index is 1.69. The number of carbonyl (C=O) groups excluding carboxylic acids is 1. The molecule has 3 rings (SSSR count). The number of ether oxygens (including phenoxy) is 1. The minimum atomic E-state index is -0.258. The van der Waals surface area contributed by atoms with E-state index in [1.165, 1.54) is 0 Å². The summed E-state index contributed by atoms with van der Waals surface area (Å²) in [5.41, 5.74) is 2.08. The minimum Gasteiger partial charge on any atom is -0.378 e. The van der Waals surface area contributed by atoms with Gasteiger partial charge in [0.1, 0.15) is 0 Å². The lowest BCUT2D eigenvalue weighted by molar-refractivity contribution is 0.102. The molecule has 0 atom stereocenters. The van der Waals surface area contributed by atoms with E-state index in [4.69, 9.17) is 4.74 Å². The number of unbranched alkanes of at least 4 members (excludes halogenated alkanes) is 1. The first kappa shape index (κ1) is 19.1. The van der Waals surface area contributed by atoms with Crippen molar-refractivity contribution in [1.29, 1.82) is 0 Å². The van der Waals surface area contributed by atoms with E-state index in [0.29, 0.717) is 18.9 Å². The van der Waals surface area contributed by atoms with Crippen molar-refractivity contribution >= 4 is 23.1 Å². The third-order valence-corrected chi connectivity index (χ3v) is 4.63. The zero-order chi connectivity index (χ0) is 19.1. The molecule has 0 radical (unpaired) electrons. The standard InChI is InChI=1S/C20H27N5O2/c1-3-4-11-24(2)19-10-9-17(22-23-19)20(26)21-16-7-5-6-8-18(16)25-12-14-27-15-13-25/h5-10H,3-4,11-15H2,1-2H3,(H,21,26). The monoisotopic (exact) mass is 369 g/mol. The number of morpholine rings is 1. The lowest BCUT2D eigenvalue weighted by atomic mass is 10.2. The fraction of sp³-hybridized carbons (Fsp3) is 0.450. The number of nitrogens with one attached hydrogen (secondary N) is 1. The molecular weight excluding hydrogens is 342 g/mol. The Morgan fingerprint density at radius 3 is 2.67 bits per heavy atom. The predicted molar refractivity (Wildman–Crippen MR) is 108 cm³/mol. The molecule has 0 aliphatic carbocycles. The van der Waals surface area contributed by atoms with E-state index < -0.39 is 0 Å². The first-order valence-electron chi connectivity index (χ1n) is 9.47. The number of anilines is 3. The highest BCUT2D eigenvalue weighted by Crippen LogP contribution is 2.26. The summed E-state index contributed by atoms with van der Waals surface area (Å²) in [6.07, 6.45) is 2.22. The normalized spacial score (nSPS) is 14.1. The molecule has 144 valence electrons. The average molecular weight is 369 g/mol. The molecular formula is C20H27N5O2. The Bertz CT molecular complexity index is 744. The lowest BCUT2D eigenvalue weighted by Crippen LogP contribution is -2.36. The van der Waals surface area contributed by atoms with Gasteiger partial charge in [0.15, 0.2) is 11.5 Å². The van der Waals surface area contributed by atoms with E-state index in [2.05, 4.69) is 27.3 Å². The Hall–Kier alpha value is -2.67. The van der Waals surface area contributed by atoms with Gasteiger partial charge in [0, 0.05) is 26.7 Å². The van der Waals surface area contributed by atoms with Crippen LogP contribution in [0.2, 0.25) is 0 Å². The van der Waals surface area contributed by atoms with Crippen LogP contribution in [-0.4, -0.2) is 56.0 Å². The second-order valence-corrected chi connectivity index (χ2v) is 6.62. The van der Waals surface area contributed by atoms with Gasteiger partial charge in [-0.15, -0.1) is 10.2 Å². The third kappa shape index (κ3) is 4.95. The molecule has 1 aliphatic rings. The molecule has 0 bridgehead atoms. The van der Waals surface area contributed by atoms with Gasteiger partial charge in [0.05, 0.1) is 24.6 Å². The van der Waals surface area contributed by atoms with Crippen LogP contribution >= 0.6 is 0 Å². The largest absolute Gasteiger partial charge is 0.378 e. The quantitative estimate of drug-likeness (QED) is 0.809. The molecule has 1 aliphatic heterocycles. The number of carbonyl (C=O) groups is 1. The number of amides is 1. The predicted octanol–water partition coefficient (Wildman–Crippen LogP) is 2.80. The van der Waals surface area contributed by atoms with Crippen molar-refractivity contribution in [2.45, 2.75) is 19.8 Å². The molecule has 7 nitrogen and oxygen atoms in total. The Morgan fingerprint density at radius 1 is 1.19 bits per heavy atom. The van der Waals surface area contributed by atoms with E-state index in [0.717, 1.165) is 49.7 Å². The molecule has 1 fully saturated rings. The van der Waals surface area contributed by atoms with Crippen molar-refractivity contribution in [2.75, 3.05) is 55.0 Å². The summed E-state index contributed by atoms with van der Waals surface area (Å²) in [5, 5.41) is 11.3. The highest BCUT2D eigenvalue weighted by molar-refractivity contribution is 6.04. The van der Waals surface area contributed by atoms with Crippen LogP contribution in [0.3, 0.4) is 0 Å². The fourth-order valence-electron chi connectivity index (χ4n) is 3.01. The number of rotatable bonds is 7. The van der Waals surface area contributed by atoms with Crippen LogP contribution in [-0.2, 0) is 4.74 Å². The topological polar surface area (TPSA) is 70.6 Å². The van der Waals surface area contributed by atoms with E-state index in [1.54, 1.807) is 6.07 Å². The van der Waals surface area contributed by atoms with Crippen LogP contribution in [0, 0.1) is 0 Å². The highest BCUT2D eigenvalue weighted by atomic mass is 16.5. The first-order chi connectivity index (χ1) is 13.2. The molecule has 7 heteroatoms. The number of benzene rings is 1. The number of aromatic nitrogens is 2. The molecule has 27 heavy (non-hydrogen) atoms. The van der Waals surface area contributed by atoms with E-state index in [-0.39, 0.29) is 5.91 Å². The summed E-state index contributed by atoms with van der Waals surface area (Å²) in [6, 6.07) is 11.4. The van der Waals surface area contributed by atoms with Crippen LogP contribution in [0.1, 0.15) is 30.3 Å². The molecule has 1 aromatic carbocycles. The van der Waals surface area contributed by atoms with Gasteiger partial charge < -0.3 is 19.9 Å². The molecule has 1 amide bonds. The Morgan fingerprint density at radius 2 is 1.96 bits per heavy atom. The number of hydrogen-bond donors (Lipinski definition) is 1. The summed E-state index contributed by atoms with van der Waals surface area (Å²) in [7, 11) is 1.98. The van der Waals surface area contributed by atoms with Crippen LogP contribution in [0.5, 0.6) is 0 Å². The molecule has 2 aromatic rings. The molecule has 0 unspecified atom stereocenters. The minimum absolute atomic E-state index is 0.258. The third-order valence-electron chi connectivity index (χ3n) is 4.63. The summed E-state index contributed by atoms with van der Waals surface area (Å²) < 4.78 is 5.42. The average Bonchev–Trinajstić information content (AvgIpc) is 2.73. The zero-order valence-electron chi connectivity index (χ0n) is 16.0. The van der Waals surface area contributed by atoms with Crippen LogP contribution in [0.25, 0.3) is 0 Å². The number of hydrogen-bond acceptors (Lipinski definition) is 6. The van der Waals surface area contributed by atoms with Gasteiger partial charge in [-0.1, -0.05) is 25.5 Å². The molecule has 1 aromatic heterocycles. The maximum absolute atomic E-state index is 12.6. The summed E-state index contributed by atoms with van der Waals surface area (Å²) in [5.74, 6) is 0.514. The molecule has 1 N–H and O–H groups in total. The van der Waals surface area contributed by atoms with Gasteiger partial charge in [-0.2, -0.15) is 0 Å². The fourth-order valence-corrected chi connectivity index (χ4v) is 3.01. The van der Waals surface area contributed by atoms with E-state index >= 15 is 0 Å². The second kappa shape index (κ2) is 9.32. The van der Waals surface area contributed by atoms with Crippen molar-refractivity contribution in [3.05, 3.63) is 42.1 Å². The van der Waals surface area contributed by atoms with Gasteiger partial charge >= 0.3 is 0 Å². The van der Waals surface area contributed by atoms with Crippen LogP contribution < -0.4 is 15.1 Å². The van der Waals surface area contributed by atoms with E-state index in [1.807, 2.05) is 42.3 Å². The summed E-state index contributed by atoms with van der Waals surface area (Å²) in [6.45, 7) is 6.09. The van der Waals surface area contributed by atoms with E-state index in [9.17, 15) is 4.79 Å². The SMILES string of the molecule is CCCCN(C)c1ccc(C(=O)Nc2ccccc2N2CCOCC2)nn1. The molecule has 0 spiro atoms. The zero-order valence-corrected chi connectivity index (χ0v) is 16.0. The second-order valence-electron chi connectivity index (χ2n) is 6.62. The maximum atomic E-state index is 12.6. The summed E-state index contributed by atoms with van der Waals surface area (Å²) >= 11 is 0. The highest BCUT2D eigenvalue weighted by Gasteiger charge is 2.17. The van der Waals surface area contributed by atoms with Gasteiger partial charge in [-0.3, -0.25) is 4.79 Å². The van der Waals surface area contributed by atoms with Gasteiger partial charge in [0.25, 0.3) is 5.91 Å². The van der Waals surface area contributed by atoms with Crippen molar-refractivity contribution in [3.8, 4) is 0 Å². The maximum Gasteiger partial charge on any atom is 0.276 e. The first-order valence-corrected chi connectivity index (χ1v) is 9.47. The Labute approximate surface area is 160 Å². The van der Waals surface area contributed by atoms with Crippen molar-refractivity contribution in [3.63, 3.8) is 0 Å². The van der Waals surface area contributed by atoms with Gasteiger partial charge in [-0.05, 0) is 30.7 Å². The molecule has 2 heterocycles. The number of nitrogens with zero attached hydrogens (tertiary/aromatic N) is 4. The summed E-state index contributed by atoms with van der Waals surface area (Å²) in [4.78, 5) is 16.9. The van der Waals surface area contributed by atoms with Gasteiger partial charge in [-0.25, -0.2) is 0 Å². The smallest absolute Gasteiger partial charge is 0.276 e. The van der Waals surface area contributed by atoms with Crippen molar-refractivity contribution in [1.82, 2.24) is 10.2 Å². The number of para-hydroxylation sites is 2.